The molecule has 4 nitrogen and oxygen atoms in total. The highest BCUT2D eigenvalue weighted by atomic mass is 32.2. The summed E-state index contributed by atoms with van der Waals surface area (Å²) in [5.41, 5.74) is 1.80. The number of carbonyl (C=O) groups is 1. The Morgan fingerprint density at radius 3 is 2.59 bits per heavy atom. The molecule has 29 heavy (non-hydrogen) atoms. The fourth-order valence-electron chi connectivity index (χ4n) is 2.56. The molecule has 1 aromatic heterocycles. The van der Waals surface area contributed by atoms with Crippen LogP contribution in [-0.2, 0) is 12.6 Å². The molecule has 0 spiro atoms. The number of carboxylic acids is 1. The molecule has 0 fully saturated rings. The lowest BCUT2D eigenvalue weighted by molar-refractivity contribution is -0.137. The van der Waals surface area contributed by atoms with Crippen LogP contribution in [-0.4, -0.2) is 22.6 Å². The van der Waals surface area contributed by atoms with E-state index in [1.807, 2.05) is 11.4 Å². The Balaban J connectivity index is 1.53. The maximum absolute atomic E-state index is 12.7. The highest BCUT2D eigenvalue weighted by Crippen LogP contribution is 2.31. The van der Waals surface area contributed by atoms with Crippen molar-refractivity contribution < 1.29 is 23.1 Å². The summed E-state index contributed by atoms with van der Waals surface area (Å²) in [6.07, 6.45) is -3.71. The second-order valence-corrected chi connectivity index (χ2v) is 8.07. The predicted molar refractivity (Wildman–Crippen MR) is 108 cm³/mol. The normalized spacial score (nSPS) is 11.6. The molecule has 0 saturated carbocycles. The van der Waals surface area contributed by atoms with Crippen LogP contribution in [0.1, 0.15) is 27.2 Å². The van der Waals surface area contributed by atoms with Gasteiger partial charge >= 0.3 is 12.1 Å². The van der Waals surface area contributed by atoms with Crippen LogP contribution >= 0.6 is 23.3 Å². The van der Waals surface area contributed by atoms with Gasteiger partial charge in [-0.2, -0.15) is 13.2 Å². The van der Waals surface area contributed by atoms with E-state index in [9.17, 15) is 18.0 Å². The van der Waals surface area contributed by atoms with Gasteiger partial charge in [-0.05, 0) is 48.7 Å². The first-order valence-electron chi connectivity index (χ1n) is 8.60. The minimum atomic E-state index is -4.35. The van der Waals surface area contributed by atoms with Crippen molar-refractivity contribution in [3.63, 3.8) is 0 Å². The third-order valence-corrected chi connectivity index (χ3v) is 5.90. The van der Waals surface area contributed by atoms with Gasteiger partial charge in [0.05, 0.1) is 16.8 Å². The lowest BCUT2D eigenvalue weighted by Gasteiger charge is -2.06. The summed E-state index contributed by atoms with van der Waals surface area (Å²) < 4.78 is 41.1. The maximum Gasteiger partial charge on any atom is 0.416 e. The summed E-state index contributed by atoms with van der Waals surface area (Å²) in [5.74, 6) is -0.955. The molecule has 0 radical (unpaired) electrons. The lowest BCUT2D eigenvalue weighted by Crippen LogP contribution is -2.09. The molecule has 3 rings (SSSR count). The maximum atomic E-state index is 12.7. The van der Waals surface area contributed by atoms with E-state index in [0.29, 0.717) is 29.1 Å². The van der Waals surface area contributed by atoms with Crippen molar-refractivity contribution in [2.75, 3.05) is 6.54 Å². The molecule has 3 aromatic rings. The fraction of sp³-hybridized carbons (Fsp3) is 0.200. The van der Waals surface area contributed by atoms with Crippen molar-refractivity contribution in [2.45, 2.75) is 24.4 Å². The van der Waals surface area contributed by atoms with Gasteiger partial charge in [-0.15, -0.1) is 11.3 Å². The highest BCUT2D eigenvalue weighted by Gasteiger charge is 2.30. The van der Waals surface area contributed by atoms with Crippen molar-refractivity contribution in [1.82, 2.24) is 9.71 Å². The van der Waals surface area contributed by atoms with Gasteiger partial charge in [0.1, 0.15) is 5.01 Å². The summed E-state index contributed by atoms with van der Waals surface area (Å²) in [4.78, 5) is 16.5. The van der Waals surface area contributed by atoms with Gasteiger partial charge in [-0.1, -0.05) is 18.2 Å². The molecule has 0 aliphatic carbocycles. The van der Waals surface area contributed by atoms with Crippen LogP contribution < -0.4 is 4.72 Å². The third-order valence-electron chi connectivity index (χ3n) is 4.12. The molecule has 152 valence electrons. The SMILES string of the molecule is Cc1ccc(SNCCc2csc(-c3ccc(C(F)(F)F)cc3)n2)cc1C(=O)O. The van der Waals surface area contributed by atoms with Crippen molar-refractivity contribution in [3.8, 4) is 10.6 Å². The van der Waals surface area contributed by atoms with Gasteiger partial charge in [0.2, 0.25) is 0 Å². The Hall–Kier alpha value is -2.36. The van der Waals surface area contributed by atoms with E-state index in [2.05, 4.69) is 9.71 Å². The summed E-state index contributed by atoms with van der Waals surface area (Å²) in [7, 11) is 0. The molecule has 2 N–H and O–H groups in total. The summed E-state index contributed by atoms with van der Waals surface area (Å²) in [5, 5.41) is 11.7. The van der Waals surface area contributed by atoms with Crippen LogP contribution in [0, 0.1) is 6.92 Å². The molecule has 0 aliphatic rings. The summed E-state index contributed by atoms with van der Waals surface area (Å²) >= 11 is 2.73. The Morgan fingerprint density at radius 1 is 1.21 bits per heavy atom. The smallest absolute Gasteiger partial charge is 0.416 e. The number of halogens is 3. The second kappa shape index (κ2) is 8.98. The standard InChI is InChI=1S/C20H17F3N2O2S2/c1-12-2-7-16(10-17(12)19(26)27)29-24-9-8-15-11-28-18(25-15)13-3-5-14(6-4-13)20(21,22)23/h2-7,10-11,24H,8-9H2,1H3,(H,26,27). The molecule has 1 heterocycles. The van der Waals surface area contributed by atoms with Crippen molar-refractivity contribution in [1.29, 1.82) is 0 Å². The van der Waals surface area contributed by atoms with E-state index in [0.717, 1.165) is 22.7 Å². The molecule has 9 heteroatoms. The molecule has 0 unspecified atom stereocenters. The highest BCUT2D eigenvalue weighted by molar-refractivity contribution is 7.97. The van der Waals surface area contributed by atoms with Crippen LogP contribution in [0.15, 0.2) is 52.7 Å². The van der Waals surface area contributed by atoms with Crippen LogP contribution in [0.3, 0.4) is 0 Å². The van der Waals surface area contributed by atoms with Gasteiger partial charge in [0.15, 0.2) is 0 Å². The van der Waals surface area contributed by atoms with Gasteiger partial charge in [0.25, 0.3) is 0 Å². The van der Waals surface area contributed by atoms with Gasteiger partial charge in [-0.25, -0.2) is 9.78 Å². The monoisotopic (exact) mass is 438 g/mol. The Kier molecular flexibility index (Phi) is 6.61. The van der Waals surface area contributed by atoms with E-state index in [1.165, 1.54) is 35.4 Å². The van der Waals surface area contributed by atoms with E-state index in [4.69, 9.17) is 5.11 Å². The number of hydrogen-bond donors (Lipinski definition) is 2. The number of rotatable bonds is 7. The Bertz CT molecular complexity index is 1000. The fourth-order valence-corrected chi connectivity index (χ4v) is 4.11. The number of hydrogen-bond acceptors (Lipinski definition) is 5. The van der Waals surface area contributed by atoms with Crippen LogP contribution in [0.4, 0.5) is 13.2 Å². The number of aromatic carboxylic acids is 1. The first-order valence-corrected chi connectivity index (χ1v) is 10.3. The quantitative estimate of drug-likeness (QED) is 0.367. The molecular formula is C20H17F3N2O2S2. The molecule has 0 atom stereocenters. The number of carboxylic acid groups (broad SMARTS) is 1. The summed E-state index contributed by atoms with van der Waals surface area (Å²) in [6.45, 7) is 2.36. The average molecular weight is 438 g/mol. The van der Waals surface area contributed by atoms with E-state index in [1.54, 1.807) is 19.1 Å². The molecular weight excluding hydrogens is 421 g/mol. The van der Waals surface area contributed by atoms with Crippen molar-refractivity contribution >= 4 is 29.3 Å². The molecule has 0 bridgehead atoms. The van der Waals surface area contributed by atoms with Crippen LogP contribution in [0.5, 0.6) is 0 Å². The van der Waals surface area contributed by atoms with Gasteiger partial charge in [-0.3, -0.25) is 4.72 Å². The zero-order valence-electron chi connectivity index (χ0n) is 15.3. The lowest BCUT2D eigenvalue weighted by atomic mass is 10.1. The molecule has 0 aliphatic heterocycles. The third kappa shape index (κ3) is 5.59. The average Bonchev–Trinajstić information content (AvgIpc) is 3.14. The topological polar surface area (TPSA) is 62.2 Å². The molecule has 0 saturated heterocycles. The first kappa shape index (κ1) is 21.4. The number of thiazole rings is 1. The number of aryl methyl sites for hydroxylation is 1. The minimum absolute atomic E-state index is 0.275. The Morgan fingerprint density at radius 2 is 1.93 bits per heavy atom. The second-order valence-electron chi connectivity index (χ2n) is 6.25. The van der Waals surface area contributed by atoms with E-state index >= 15 is 0 Å². The zero-order chi connectivity index (χ0) is 21.0. The summed E-state index contributed by atoms with van der Waals surface area (Å²) in [6, 6.07) is 10.2. The Labute approximate surface area is 173 Å². The zero-order valence-corrected chi connectivity index (χ0v) is 16.9. The molecule has 0 amide bonds. The van der Waals surface area contributed by atoms with Crippen LogP contribution in [0.2, 0.25) is 0 Å². The number of aromatic nitrogens is 1. The molecule has 2 aromatic carbocycles. The number of benzene rings is 2. The number of alkyl halides is 3. The number of nitrogens with zero attached hydrogens (tertiary/aromatic N) is 1. The van der Waals surface area contributed by atoms with Gasteiger partial charge < -0.3 is 5.11 Å². The van der Waals surface area contributed by atoms with Crippen molar-refractivity contribution in [2.24, 2.45) is 0 Å². The van der Waals surface area contributed by atoms with E-state index < -0.39 is 17.7 Å². The number of nitrogens with one attached hydrogen (secondary N) is 1. The van der Waals surface area contributed by atoms with Crippen LogP contribution in [0.25, 0.3) is 10.6 Å². The van der Waals surface area contributed by atoms with E-state index in [-0.39, 0.29) is 5.56 Å². The predicted octanol–water partition coefficient (Wildman–Crippen LogP) is 5.67. The minimum Gasteiger partial charge on any atom is -0.478 e. The van der Waals surface area contributed by atoms with Gasteiger partial charge in [0, 0.05) is 28.8 Å². The first-order chi connectivity index (χ1) is 13.7. The largest absolute Gasteiger partial charge is 0.478 e. The van der Waals surface area contributed by atoms with Crippen molar-refractivity contribution in [3.05, 3.63) is 70.2 Å².